The number of aryl methyl sites for hydroxylation is 1. The summed E-state index contributed by atoms with van der Waals surface area (Å²) < 4.78 is 41.0. The van der Waals surface area contributed by atoms with Gasteiger partial charge in [0.15, 0.2) is 0 Å². The molecule has 3 N–H and O–H groups in total. The summed E-state index contributed by atoms with van der Waals surface area (Å²) in [5.41, 5.74) is 1.39. The molecule has 0 heterocycles. The molecule has 0 saturated carbocycles. The van der Waals surface area contributed by atoms with Crippen LogP contribution in [0.1, 0.15) is 26.3 Å². The molecule has 0 radical (unpaired) electrons. The van der Waals surface area contributed by atoms with Gasteiger partial charge in [0, 0.05) is 17.8 Å². The molecule has 0 aliphatic carbocycles. The average Bonchev–Trinajstić information content (AvgIpc) is 2.79. The maximum Gasteiger partial charge on any atom is 0.261 e. The van der Waals surface area contributed by atoms with Crippen LogP contribution in [0.3, 0.4) is 0 Å². The fourth-order valence-corrected chi connectivity index (χ4v) is 4.07. The molecule has 0 unspecified atom stereocenters. The smallest absolute Gasteiger partial charge is 0.261 e. The zero-order chi connectivity index (χ0) is 24.0. The minimum atomic E-state index is -4.03. The highest BCUT2D eigenvalue weighted by Gasteiger charge is 2.20. The number of sulfonamides is 1. The van der Waals surface area contributed by atoms with Gasteiger partial charge in [-0.2, -0.15) is 0 Å². The van der Waals surface area contributed by atoms with Crippen molar-refractivity contribution in [3.05, 3.63) is 102 Å². The molecule has 0 saturated heterocycles. The lowest BCUT2D eigenvalue weighted by Crippen LogP contribution is -2.25. The summed E-state index contributed by atoms with van der Waals surface area (Å²) in [5, 5.41) is 5.33. The van der Waals surface area contributed by atoms with E-state index in [4.69, 9.17) is 0 Å². The van der Waals surface area contributed by atoms with Crippen LogP contribution in [-0.2, 0) is 10.0 Å². The number of para-hydroxylation sites is 1. The quantitative estimate of drug-likeness (QED) is 0.434. The molecule has 0 spiro atoms. The van der Waals surface area contributed by atoms with Crippen molar-refractivity contribution in [3.63, 3.8) is 0 Å². The van der Waals surface area contributed by atoms with Crippen LogP contribution in [0.15, 0.2) is 84.3 Å². The van der Waals surface area contributed by atoms with Crippen LogP contribution in [-0.4, -0.2) is 26.8 Å². The first kappa shape index (κ1) is 23.7. The van der Waals surface area contributed by atoms with Crippen LogP contribution in [0, 0.1) is 12.7 Å². The Balaban J connectivity index is 1.87. The number of carbonyl (C=O) groups is 2. The number of rotatable bonds is 8. The standard InChI is InChI=1S/C24H22FN3O4S/c1-3-14-26-23(29)20-6-4-5-7-22(20)27-24(30)21-15-19(13-8-16(21)2)33(31,32)28-18-11-9-17(25)10-12-18/h3-13,15,28H,1,14H2,2H3,(H,26,29)(H,27,30). The van der Waals surface area contributed by atoms with Crippen LogP contribution in [0.25, 0.3) is 0 Å². The monoisotopic (exact) mass is 467 g/mol. The predicted molar refractivity (Wildman–Crippen MR) is 125 cm³/mol. The topological polar surface area (TPSA) is 104 Å². The number of hydrogen-bond acceptors (Lipinski definition) is 4. The molecule has 3 rings (SSSR count). The van der Waals surface area contributed by atoms with Crippen molar-refractivity contribution < 1.29 is 22.4 Å². The van der Waals surface area contributed by atoms with E-state index in [-0.39, 0.29) is 39.8 Å². The van der Waals surface area contributed by atoms with Crippen LogP contribution < -0.4 is 15.4 Å². The Hall–Kier alpha value is -3.98. The van der Waals surface area contributed by atoms with E-state index in [1.54, 1.807) is 31.2 Å². The van der Waals surface area contributed by atoms with Gasteiger partial charge in [-0.25, -0.2) is 12.8 Å². The second kappa shape index (κ2) is 10.1. The van der Waals surface area contributed by atoms with Crippen molar-refractivity contribution in [2.24, 2.45) is 0 Å². The number of anilines is 2. The molecule has 7 nitrogen and oxygen atoms in total. The number of amides is 2. The zero-order valence-electron chi connectivity index (χ0n) is 17.8. The third kappa shape index (κ3) is 5.83. The molecule has 3 aromatic carbocycles. The van der Waals surface area contributed by atoms with E-state index in [2.05, 4.69) is 21.9 Å². The Bertz CT molecular complexity index is 1310. The summed E-state index contributed by atoms with van der Waals surface area (Å²) in [7, 11) is -4.03. The molecule has 0 aromatic heterocycles. The highest BCUT2D eigenvalue weighted by atomic mass is 32.2. The number of hydrogen-bond donors (Lipinski definition) is 3. The summed E-state index contributed by atoms with van der Waals surface area (Å²) in [6, 6.07) is 15.5. The lowest BCUT2D eigenvalue weighted by atomic mass is 10.1. The van der Waals surface area contributed by atoms with E-state index < -0.39 is 21.7 Å². The van der Waals surface area contributed by atoms with Gasteiger partial charge in [0.1, 0.15) is 5.82 Å². The molecule has 2 amide bonds. The Morgan fingerprint density at radius 3 is 2.36 bits per heavy atom. The van der Waals surface area contributed by atoms with Gasteiger partial charge >= 0.3 is 0 Å². The molecule has 33 heavy (non-hydrogen) atoms. The second-order valence-corrected chi connectivity index (χ2v) is 8.77. The predicted octanol–water partition coefficient (Wildman–Crippen LogP) is 4.10. The first-order valence-electron chi connectivity index (χ1n) is 9.90. The molecule has 9 heteroatoms. The lowest BCUT2D eigenvalue weighted by Gasteiger charge is -2.14. The van der Waals surface area contributed by atoms with Gasteiger partial charge in [0.2, 0.25) is 0 Å². The molecule has 3 aromatic rings. The first-order chi connectivity index (χ1) is 15.7. The summed E-state index contributed by atoms with van der Waals surface area (Å²) >= 11 is 0. The molecule has 170 valence electrons. The van der Waals surface area contributed by atoms with Gasteiger partial charge in [-0.1, -0.05) is 24.3 Å². The largest absolute Gasteiger partial charge is 0.349 e. The lowest BCUT2D eigenvalue weighted by molar-refractivity contribution is 0.0959. The summed E-state index contributed by atoms with van der Waals surface area (Å²) in [4.78, 5) is 25.2. The van der Waals surface area contributed by atoms with Crippen molar-refractivity contribution in [1.82, 2.24) is 5.32 Å². The van der Waals surface area contributed by atoms with Gasteiger partial charge < -0.3 is 10.6 Å². The van der Waals surface area contributed by atoms with Crippen molar-refractivity contribution in [3.8, 4) is 0 Å². The van der Waals surface area contributed by atoms with E-state index in [1.165, 1.54) is 36.4 Å². The van der Waals surface area contributed by atoms with E-state index >= 15 is 0 Å². The highest BCUT2D eigenvalue weighted by molar-refractivity contribution is 7.92. The fourth-order valence-electron chi connectivity index (χ4n) is 2.98. The van der Waals surface area contributed by atoms with Crippen molar-refractivity contribution in [1.29, 1.82) is 0 Å². The molecule has 0 bridgehead atoms. The van der Waals surface area contributed by atoms with Crippen molar-refractivity contribution >= 4 is 33.2 Å². The third-order valence-corrected chi connectivity index (χ3v) is 6.07. The SMILES string of the molecule is C=CCNC(=O)c1ccccc1NC(=O)c1cc(S(=O)(=O)Nc2ccc(F)cc2)ccc1C. The van der Waals surface area contributed by atoms with Crippen molar-refractivity contribution in [2.75, 3.05) is 16.6 Å². The number of halogens is 1. The molecule has 0 atom stereocenters. The van der Waals surface area contributed by atoms with Gasteiger partial charge in [-0.15, -0.1) is 6.58 Å². The van der Waals surface area contributed by atoms with E-state index in [9.17, 15) is 22.4 Å². The molecule has 0 fully saturated rings. The van der Waals surface area contributed by atoms with Gasteiger partial charge in [0.05, 0.1) is 16.1 Å². The van der Waals surface area contributed by atoms with Crippen LogP contribution in [0.5, 0.6) is 0 Å². The van der Waals surface area contributed by atoms with E-state index in [0.29, 0.717) is 5.56 Å². The second-order valence-electron chi connectivity index (χ2n) is 7.09. The summed E-state index contributed by atoms with van der Waals surface area (Å²) in [6.07, 6.45) is 1.54. The van der Waals surface area contributed by atoms with Crippen LogP contribution in [0.4, 0.5) is 15.8 Å². The highest BCUT2D eigenvalue weighted by Crippen LogP contribution is 2.22. The van der Waals surface area contributed by atoms with Crippen molar-refractivity contribution in [2.45, 2.75) is 11.8 Å². The average molecular weight is 468 g/mol. The Morgan fingerprint density at radius 2 is 1.67 bits per heavy atom. The zero-order valence-corrected chi connectivity index (χ0v) is 18.6. The Morgan fingerprint density at radius 1 is 0.970 bits per heavy atom. The van der Waals surface area contributed by atoms with Gasteiger partial charge in [-0.05, 0) is 61.0 Å². The van der Waals surface area contributed by atoms with Gasteiger partial charge in [0.25, 0.3) is 21.8 Å². The summed E-state index contributed by atoms with van der Waals surface area (Å²) in [6.45, 7) is 5.48. The Labute approximate surface area is 191 Å². The summed E-state index contributed by atoms with van der Waals surface area (Å²) in [5.74, 6) is -1.46. The maximum absolute atomic E-state index is 13.1. The van der Waals surface area contributed by atoms with Gasteiger partial charge in [-0.3, -0.25) is 14.3 Å². The minimum absolute atomic E-state index is 0.123. The normalized spacial score (nSPS) is 10.8. The van der Waals surface area contributed by atoms with E-state index in [1.807, 2.05) is 0 Å². The fraction of sp³-hybridized carbons (Fsp3) is 0.0833. The van der Waals surface area contributed by atoms with Crippen LogP contribution in [0.2, 0.25) is 0 Å². The minimum Gasteiger partial charge on any atom is -0.349 e. The molecular formula is C24H22FN3O4S. The Kier molecular flexibility index (Phi) is 7.24. The number of nitrogens with one attached hydrogen (secondary N) is 3. The number of carbonyl (C=O) groups excluding carboxylic acids is 2. The first-order valence-corrected chi connectivity index (χ1v) is 11.4. The maximum atomic E-state index is 13.1. The number of benzene rings is 3. The molecule has 0 aliphatic rings. The van der Waals surface area contributed by atoms with Crippen LogP contribution >= 0.6 is 0 Å². The molecular weight excluding hydrogens is 445 g/mol. The molecule has 0 aliphatic heterocycles. The van der Waals surface area contributed by atoms with E-state index in [0.717, 1.165) is 12.1 Å². The third-order valence-electron chi connectivity index (χ3n) is 4.69.